The van der Waals surface area contributed by atoms with Crippen LogP contribution in [0.15, 0.2) is 6.20 Å². The number of aryl methyl sites for hydroxylation is 2. The Morgan fingerprint density at radius 3 is 2.67 bits per heavy atom. The summed E-state index contributed by atoms with van der Waals surface area (Å²) >= 11 is 0. The lowest BCUT2D eigenvalue weighted by atomic mass is 10.1. The Morgan fingerprint density at radius 2 is 2.20 bits per heavy atom. The van der Waals surface area contributed by atoms with Gasteiger partial charge in [0.1, 0.15) is 0 Å². The molecule has 4 heteroatoms. The third-order valence-corrected chi connectivity index (χ3v) is 2.34. The molecule has 1 aromatic heterocycles. The maximum absolute atomic E-state index is 9.52. The molecule has 0 unspecified atom stereocenters. The smallest absolute Gasteiger partial charge is 0.0638 e. The molecule has 0 saturated heterocycles. The molecule has 0 aromatic carbocycles. The zero-order valence-corrected chi connectivity index (χ0v) is 10.0. The van der Waals surface area contributed by atoms with Crippen LogP contribution in [0.1, 0.15) is 31.5 Å². The van der Waals surface area contributed by atoms with Gasteiger partial charge in [-0.3, -0.25) is 4.68 Å². The molecule has 0 aliphatic heterocycles. The molecule has 0 aliphatic carbocycles. The van der Waals surface area contributed by atoms with Gasteiger partial charge in [0.15, 0.2) is 0 Å². The van der Waals surface area contributed by atoms with Crippen LogP contribution in [0.5, 0.6) is 0 Å². The Hall–Kier alpha value is -0.870. The molecule has 2 N–H and O–H groups in total. The van der Waals surface area contributed by atoms with Crippen molar-refractivity contribution in [3.8, 4) is 0 Å². The summed E-state index contributed by atoms with van der Waals surface area (Å²) in [6.07, 6.45) is 2.78. The van der Waals surface area contributed by atoms with Crippen LogP contribution >= 0.6 is 0 Å². The molecule has 86 valence electrons. The van der Waals surface area contributed by atoms with Gasteiger partial charge in [-0.1, -0.05) is 0 Å². The first-order valence-corrected chi connectivity index (χ1v) is 5.31. The van der Waals surface area contributed by atoms with E-state index in [9.17, 15) is 5.11 Å². The molecule has 1 heterocycles. The van der Waals surface area contributed by atoms with E-state index in [2.05, 4.69) is 10.4 Å². The second kappa shape index (κ2) is 4.77. The van der Waals surface area contributed by atoms with Crippen molar-refractivity contribution in [2.45, 2.75) is 39.3 Å². The van der Waals surface area contributed by atoms with Gasteiger partial charge in [-0.2, -0.15) is 5.10 Å². The Labute approximate surface area is 91.3 Å². The fourth-order valence-electron chi connectivity index (χ4n) is 1.44. The van der Waals surface area contributed by atoms with Crippen LogP contribution in [-0.4, -0.2) is 27.0 Å². The van der Waals surface area contributed by atoms with Gasteiger partial charge >= 0.3 is 0 Å². The average molecular weight is 211 g/mol. The minimum atomic E-state index is -0.586. The van der Waals surface area contributed by atoms with Crippen molar-refractivity contribution in [2.24, 2.45) is 7.05 Å². The van der Waals surface area contributed by atoms with E-state index >= 15 is 0 Å². The highest BCUT2D eigenvalue weighted by molar-refractivity contribution is 5.14. The molecule has 0 radical (unpaired) electrons. The van der Waals surface area contributed by atoms with Gasteiger partial charge in [-0.25, -0.2) is 0 Å². The molecule has 0 amide bonds. The quantitative estimate of drug-likeness (QED) is 0.714. The van der Waals surface area contributed by atoms with Crippen molar-refractivity contribution in [3.63, 3.8) is 0 Å². The first-order chi connectivity index (χ1) is 6.88. The summed E-state index contributed by atoms with van der Waals surface area (Å²) in [7, 11) is 1.92. The van der Waals surface area contributed by atoms with Gasteiger partial charge < -0.3 is 10.4 Å². The Kier molecular flexibility index (Phi) is 3.88. The van der Waals surface area contributed by atoms with Gasteiger partial charge in [0, 0.05) is 25.4 Å². The molecule has 1 aromatic rings. The van der Waals surface area contributed by atoms with Crippen molar-refractivity contribution in [2.75, 3.05) is 6.54 Å². The highest BCUT2D eigenvalue weighted by Gasteiger charge is 2.11. The predicted octanol–water partition coefficient (Wildman–Crippen LogP) is 0.979. The molecular weight excluding hydrogens is 190 g/mol. The van der Waals surface area contributed by atoms with E-state index in [4.69, 9.17) is 0 Å². The highest BCUT2D eigenvalue weighted by Crippen LogP contribution is 2.07. The molecule has 0 fully saturated rings. The summed E-state index contributed by atoms with van der Waals surface area (Å²) in [6.45, 7) is 7.29. The fraction of sp³-hybridized carbons (Fsp3) is 0.727. The van der Waals surface area contributed by atoms with Crippen molar-refractivity contribution in [1.82, 2.24) is 15.1 Å². The second-order valence-electron chi connectivity index (χ2n) is 4.65. The third-order valence-electron chi connectivity index (χ3n) is 2.34. The topological polar surface area (TPSA) is 50.1 Å². The van der Waals surface area contributed by atoms with Crippen LogP contribution in [0, 0.1) is 6.92 Å². The van der Waals surface area contributed by atoms with Crippen LogP contribution in [0.3, 0.4) is 0 Å². The monoisotopic (exact) mass is 211 g/mol. The van der Waals surface area contributed by atoms with Gasteiger partial charge in [-0.15, -0.1) is 0 Å². The summed E-state index contributed by atoms with van der Waals surface area (Å²) in [6, 6.07) is 0. The molecule has 0 bridgehead atoms. The molecule has 1 rings (SSSR count). The zero-order chi connectivity index (χ0) is 11.5. The van der Waals surface area contributed by atoms with Crippen molar-refractivity contribution < 1.29 is 5.11 Å². The van der Waals surface area contributed by atoms with E-state index in [0.717, 1.165) is 25.2 Å². The van der Waals surface area contributed by atoms with Crippen molar-refractivity contribution in [3.05, 3.63) is 17.5 Å². The lowest BCUT2D eigenvalue weighted by molar-refractivity contribution is 0.0711. The van der Waals surface area contributed by atoms with Crippen molar-refractivity contribution >= 4 is 0 Å². The van der Waals surface area contributed by atoms with E-state index < -0.39 is 5.60 Å². The van der Waals surface area contributed by atoms with Gasteiger partial charge in [-0.05, 0) is 33.7 Å². The number of nitrogens with zero attached hydrogens (tertiary/aromatic N) is 2. The van der Waals surface area contributed by atoms with Crippen LogP contribution < -0.4 is 5.32 Å². The number of hydrogen-bond donors (Lipinski definition) is 2. The summed E-state index contributed by atoms with van der Waals surface area (Å²) in [4.78, 5) is 0. The Bertz CT molecular complexity index is 312. The largest absolute Gasteiger partial charge is 0.390 e. The fourth-order valence-corrected chi connectivity index (χ4v) is 1.44. The van der Waals surface area contributed by atoms with Gasteiger partial charge in [0.05, 0.1) is 11.3 Å². The molecular formula is C11H21N3O. The first kappa shape index (κ1) is 12.2. The van der Waals surface area contributed by atoms with E-state index in [1.54, 1.807) is 0 Å². The number of hydrogen-bond acceptors (Lipinski definition) is 3. The third kappa shape index (κ3) is 4.44. The lowest BCUT2D eigenvalue weighted by Crippen LogP contribution is -2.26. The van der Waals surface area contributed by atoms with E-state index in [1.807, 2.05) is 38.7 Å². The predicted molar refractivity (Wildman–Crippen MR) is 60.6 cm³/mol. The number of aliphatic hydroxyl groups is 1. The molecule has 15 heavy (non-hydrogen) atoms. The Balaban J connectivity index is 2.29. The van der Waals surface area contributed by atoms with Crippen LogP contribution in [-0.2, 0) is 13.6 Å². The molecule has 0 aliphatic rings. The summed E-state index contributed by atoms with van der Waals surface area (Å²) in [5.41, 5.74) is 1.69. The summed E-state index contributed by atoms with van der Waals surface area (Å²) in [5.74, 6) is 0. The van der Waals surface area contributed by atoms with Gasteiger partial charge in [0.25, 0.3) is 0 Å². The van der Waals surface area contributed by atoms with E-state index in [0.29, 0.717) is 0 Å². The Morgan fingerprint density at radius 1 is 1.53 bits per heavy atom. The summed E-state index contributed by atoms with van der Waals surface area (Å²) in [5, 5.41) is 17.1. The van der Waals surface area contributed by atoms with Crippen molar-refractivity contribution in [1.29, 1.82) is 0 Å². The maximum atomic E-state index is 9.52. The first-order valence-electron chi connectivity index (χ1n) is 5.31. The van der Waals surface area contributed by atoms with Crippen LogP contribution in [0.2, 0.25) is 0 Å². The molecule has 4 nitrogen and oxygen atoms in total. The summed E-state index contributed by atoms with van der Waals surface area (Å²) < 4.78 is 1.82. The minimum absolute atomic E-state index is 0.586. The average Bonchev–Trinajstić information content (AvgIpc) is 2.37. The lowest BCUT2D eigenvalue weighted by Gasteiger charge is -2.16. The van der Waals surface area contributed by atoms with E-state index in [1.165, 1.54) is 5.56 Å². The number of aromatic nitrogens is 2. The molecule has 0 atom stereocenters. The second-order valence-corrected chi connectivity index (χ2v) is 4.65. The van der Waals surface area contributed by atoms with Crippen LogP contribution in [0.25, 0.3) is 0 Å². The molecule has 0 spiro atoms. The molecule has 0 saturated carbocycles. The minimum Gasteiger partial charge on any atom is -0.390 e. The SMILES string of the molecule is Cc1nn(C)cc1CNCCC(C)(C)O. The van der Waals surface area contributed by atoms with E-state index in [-0.39, 0.29) is 0 Å². The standard InChI is InChI=1S/C11H21N3O/c1-9-10(8-14(4)13-9)7-12-6-5-11(2,3)15/h8,12,15H,5-7H2,1-4H3. The maximum Gasteiger partial charge on any atom is 0.0638 e. The highest BCUT2D eigenvalue weighted by atomic mass is 16.3. The number of rotatable bonds is 5. The normalized spacial score (nSPS) is 12.1. The number of nitrogens with one attached hydrogen (secondary N) is 1. The zero-order valence-electron chi connectivity index (χ0n) is 10.0. The van der Waals surface area contributed by atoms with Crippen LogP contribution in [0.4, 0.5) is 0 Å². The van der Waals surface area contributed by atoms with Gasteiger partial charge in [0.2, 0.25) is 0 Å².